The monoisotopic (exact) mass is 330 g/mol. The molecule has 9 heteroatoms. The maximum Gasteiger partial charge on any atom is 0.364 e. The van der Waals surface area contributed by atoms with Gasteiger partial charge in [0, 0.05) is 11.3 Å². The van der Waals surface area contributed by atoms with Crippen molar-refractivity contribution in [1.29, 1.82) is 0 Å². The van der Waals surface area contributed by atoms with Gasteiger partial charge < -0.3 is 11.1 Å². The Bertz CT molecular complexity index is 819. The van der Waals surface area contributed by atoms with Gasteiger partial charge in [-0.15, -0.1) is 0 Å². The SMILES string of the molecule is NC(=O)c1cccc(NC(=O)Cn2nnn(C3CCCC3)c2=O)c1. The molecule has 1 fully saturated rings. The number of aromatic nitrogens is 4. The van der Waals surface area contributed by atoms with Gasteiger partial charge in [-0.1, -0.05) is 18.9 Å². The third-order valence-corrected chi connectivity index (χ3v) is 4.06. The molecule has 0 radical (unpaired) electrons. The summed E-state index contributed by atoms with van der Waals surface area (Å²) in [5, 5.41) is 10.2. The Morgan fingerprint density at radius 1 is 1.25 bits per heavy atom. The minimum absolute atomic E-state index is 0.0709. The summed E-state index contributed by atoms with van der Waals surface area (Å²) >= 11 is 0. The molecule has 3 N–H and O–H groups in total. The number of nitrogens with zero attached hydrogens (tertiary/aromatic N) is 4. The van der Waals surface area contributed by atoms with E-state index in [0.717, 1.165) is 30.4 Å². The summed E-state index contributed by atoms with van der Waals surface area (Å²) < 4.78 is 2.39. The number of nitrogens with one attached hydrogen (secondary N) is 1. The van der Waals surface area contributed by atoms with Crippen molar-refractivity contribution < 1.29 is 9.59 Å². The molecular formula is C15H18N6O3. The van der Waals surface area contributed by atoms with Crippen LogP contribution >= 0.6 is 0 Å². The molecule has 1 aliphatic rings. The van der Waals surface area contributed by atoms with E-state index in [9.17, 15) is 14.4 Å². The van der Waals surface area contributed by atoms with Crippen molar-refractivity contribution in [2.45, 2.75) is 38.3 Å². The normalized spacial score (nSPS) is 14.7. The zero-order valence-corrected chi connectivity index (χ0v) is 13.0. The highest BCUT2D eigenvalue weighted by Gasteiger charge is 2.22. The van der Waals surface area contributed by atoms with E-state index in [-0.39, 0.29) is 23.8 Å². The lowest BCUT2D eigenvalue weighted by Crippen LogP contribution is -2.31. The number of hydrogen-bond acceptors (Lipinski definition) is 5. The molecule has 1 aromatic carbocycles. The Balaban J connectivity index is 1.68. The van der Waals surface area contributed by atoms with Crippen LogP contribution in [0.15, 0.2) is 29.1 Å². The molecule has 2 amide bonds. The minimum atomic E-state index is -0.582. The summed E-state index contributed by atoms with van der Waals surface area (Å²) in [6.45, 7) is -0.244. The number of rotatable bonds is 5. The first-order valence-corrected chi connectivity index (χ1v) is 7.76. The van der Waals surface area contributed by atoms with Gasteiger partial charge in [0.1, 0.15) is 6.54 Å². The summed E-state index contributed by atoms with van der Waals surface area (Å²) in [7, 11) is 0. The molecule has 0 bridgehead atoms. The Labute approximate surface area is 137 Å². The van der Waals surface area contributed by atoms with Crippen LogP contribution in [0.25, 0.3) is 0 Å². The van der Waals surface area contributed by atoms with Crippen LogP contribution in [0, 0.1) is 0 Å². The molecule has 0 unspecified atom stereocenters. The fourth-order valence-corrected chi connectivity index (χ4v) is 2.85. The second-order valence-electron chi connectivity index (χ2n) is 5.80. The van der Waals surface area contributed by atoms with E-state index in [1.54, 1.807) is 18.2 Å². The highest BCUT2D eigenvalue weighted by molar-refractivity contribution is 5.96. The van der Waals surface area contributed by atoms with Gasteiger partial charge >= 0.3 is 5.69 Å². The maximum absolute atomic E-state index is 12.2. The average Bonchev–Trinajstić information content (AvgIpc) is 3.18. The van der Waals surface area contributed by atoms with E-state index < -0.39 is 11.8 Å². The van der Waals surface area contributed by atoms with Crippen molar-refractivity contribution in [3.63, 3.8) is 0 Å². The fraction of sp³-hybridized carbons (Fsp3) is 0.400. The molecule has 0 saturated heterocycles. The van der Waals surface area contributed by atoms with Crippen LogP contribution in [-0.2, 0) is 11.3 Å². The highest BCUT2D eigenvalue weighted by atomic mass is 16.2. The number of carbonyl (C=O) groups is 2. The second-order valence-corrected chi connectivity index (χ2v) is 5.80. The van der Waals surface area contributed by atoms with E-state index in [4.69, 9.17) is 5.73 Å². The molecule has 126 valence electrons. The van der Waals surface area contributed by atoms with Gasteiger partial charge in [0.05, 0.1) is 6.04 Å². The molecule has 0 spiro atoms. The lowest BCUT2D eigenvalue weighted by Gasteiger charge is -2.06. The zero-order chi connectivity index (χ0) is 17.1. The molecule has 9 nitrogen and oxygen atoms in total. The molecule has 1 aliphatic carbocycles. The molecular weight excluding hydrogens is 312 g/mol. The number of anilines is 1. The highest BCUT2D eigenvalue weighted by Crippen LogP contribution is 2.27. The molecule has 1 saturated carbocycles. The van der Waals surface area contributed by atoms with Crippen molar-refractivity contribution in [3.05, 3.63) is 40.3 Å². The first-order chi connectivity index (χ1) is 11.5. The summed E-state index contributed by atoms with van der Waals surface area (Å²) in [4.78, 5) is 35.5. The maximum atomic E-state index is 12.2. The van der Waals surface area contributed by atoms with Crippen LogP contribution in [0.1, 0.15) is 42.1 Å². The standard InChI is InChI=1S/C15H18N6O3/c16-14(23)10-4-3-5-11(8-10)17-13(22)9-20-15(24)21(19-18-20)12-6-1-2-7-12/h3-5,8,12H,1-2,6-7,9H2,(H2,16,23)(H,17,22). The third-order valence-electron chi connectivity index (χ3n) is 4.06. The number of nitrogens with two attached hydrogens (primary N) is 1. The van der Waals surface area contributed by atoms with Crippen LogP contribution in [0.2, 0.25) is 0 Å². The van der Waals surface area contributed by atoms with Crippen LogP contribution in [0.5, 0.6) is 0 Å². The lowest BCUT2D eigenvalue weighted by atomic mass is 10.2. The number of hydrogen-bond donors (Lipinski definition) is 2. The summed E-state index contributed by atoms with van der Waals surface area (Å²) in [6, 6.07) is 6.33. The van der Waals surface area contributed by atoms with Gasteiger partial charge in [0.2, 0.25) is 11.8 Å². The van der Waals surface area contributed by atoms with E-state index in [1.165, 1.54) is 10.7 Å². The lowest BCUT2D eigenvalue weighted by molar-refractivity contribution is -0.117. The van der Waals surface area contributed by atoms with Crippen molar-refractivity contribution in [1.82, 2.24) is 19.8 Å². The van der Waals surface area contributed by atoms with Gasteiger partial charge in [-0.3, -0.25) is 9.59 Å². The van der Waals surface area contributed by atoms with E-state index in [1.807, 2.05) is 0 Å². The number of primary amides is 1. The zero-order valence-electron chi connectivity index (χ0n) is 13.0. The van der Waals surface area contributed by atoms with Gasteiger partial charge in [0.25, 0.3) is 0 Å². The van der Waals surface area contributed by atoms with Gasteiger partial charge in [-0.2, -0.15) is 9.36 Å². The van der Waals surface area contributed by atoms with Crippen molar-refractivity contribution >= 4 is 17.5 Å². The van der Waals surface area contributed by atoms with Crippen LogP contribution in [0.4, 0.5) is 5.69 Å². The van der Waals surface area contributed by atoms with Gasteiger partial charge in [-0.05, 0) is 41.5 Å². The van der Waals surface area contributed by atoms with Crippen molar-refractivity contribution in [2.75, 3.05) is 5.32 Å². The Kier molecular flexibility index (Phi) is 4.41. The summed E-state index contributed by atoms with van der Waals surface area (Å²) in [5.41, 5.74) is 5.53. The number of carbonyl (C=O) groups excluding carboxylic acids is 2. The molecule has 24 heavy (non-hydrogen) atoms. The Morgan fingerprint density at radius 3 is 2.71 bits per heavy atom. The summed E-state index contributed by atoms with van der Waals surface area (Å²) in [6.07, 6.45) is 3.96. The first-order valence-electron chi connectivity index (χ1n) is 7.76. The summed E-state index contributed by atoms with van der Waals surface area (Å²) in [5.74, 6) is -1.01. The molecule has 2 aromatic rings. The predicted octanol–water partition coefficient (Wildman–Crippen LogP) is 0.292. The average molecular weight is 330 g/mol. The minimum Gasteiger partial charge on any atom is -0.366 e. The van der Waals surface area contributed by atoms with E-state index >= 15 is 0 Å². The quantitative estimate of drug-likeness (QED) is 0.815. The van der Waals surface area contributed by atoms with Crippen LogP contribution in [0.3, 0.4) is 0 Å². The van der Waals surface area contributed by atoms with Gasteiger partial charge in [-0.25, -0.2) is 4.79 Å². The molecule has 0 atom stereocenters. The predicted molar refractivity (Wildman–Crippen MR) is 85.4 cm³/mol. The third kappa shape index (κ3) is 3.34. The fourth-order valence-electron chi connectivity index (χ4n) is 2.85. The van der Waals surface area contributed by atoms with Crippen LogP contribution in [-0.4, -0.2) is 31.6 Å². The smallest absolute Gasteiger partial charge is 0.364 e. The number of amides is 2. The molecule has 1 heterocycles. The van der Waals surface area contributed by atoms with Gasteiger partial charge in [0.15, 0.2) is 0 Å². The molecule has 0 aliphatic heterocycles. The second kappa shape index (κ2) is 6.65. The first kappa shape index (κ1) is 15.9. The topological polar surface area (TPSA) is 125 Å². The number of benzene rings is 1. The molecule has 1 aromatic heterocycles. The van der Waals surface area contributed by atoms with Crippen molar-refractivity contribution in [2.24, 2.45) is 5.73 Å². The van der Waals surface area contributed by atoms with E-state index in [2.05, 4.69) is 15.7 Å². The largest absolute Gasteiger partial charge is 0.366 e. The van der Waals surface area contributed by atoms with Crippen molar-refractivity contribution in [3.8, 4) is 0 Å². The Morgan fingerprint density at radius 2 is 2.00 bits per heavy atom. The number of tetrazole rings is 1. The molecule has 3 rings (SSSR count). The van der Waals surface area contributed by atoms with E-state index in [0.29, 0.717) is 5.69 Å². The van der Waals surface area contributed by atoms with Crippen LogP contribution < -0.4 is 16.7 Å². The Hall–Kier alpha value is -2.97.